The Morgan fingerprint density at radius 1 is 1.08 bits per heavy atom. The molecule has 1 aliphatic heterocycles. The molecule has 136 valence electrons. The van der Waals surface area contributed by atoms with E-state index in [0.29, 0.717) is 19.5 Å². The summed E-state index contributed by atoms with van der Waals surface area (Å²) in [4.78, 5) is 5.46. The van der Waals surface area contributed by atoms with Crippen molar-refractivity contribution in [3.8, 4) is 0 Å². The molecule has 0 bridgehead atoms. The molecular formula is C18H21F3N2OS. The van der Waals surface area contributed by atoms with Gasteiger partial charge in [0, 0.05) is 55.8 Å². The Morgan fingerprint density at radius 2 is 1.88 bits per heavy atom. The van der Waals surface area contributed by atoms with Gasteiger partial charge in [0.2, 0.25) is 0 Å². The molecule has 1 atom stereocenters. The Balaban J connectivity index is 1.68. The van der Waals surface area contributed by atoms with E-state index in [-0.39, 0.29) is 24.8 Å². The molecule has 1 saturated heterocycles. The quantitative estimate of drug-likeness (QED) is 0.791. The monoisotopic (exact) mass is 370 g/mol. The number of halogens is 3. The van der Waals surface area contributed by atoms with Crippen LogP contribution in [0.25, 0.3) is 0 Å². The van der Waals surface area contributed by atoms with Gasteiger partial charge in [-0.2, -0.15) is 0 Å². The highest BCUT2D eigenvalue weighted by Gasteiger charge is 2.28. The fourth-order valence-electron chi connectivity index (χ4n) is 3.27. The summed E-state index contributed by atoms with van der Waals surface area (Å²) in [6.45, 7) is 2.86. The second kappa shape index (κ2) is 8.31. The van der Waals surface area contributed by atoms with Crippen molar-refractivity contribution in [3.05, 3.63) is 57.5 Å². The summed E-state index contributed by atoms with van der Waals surface area (Å²) in [5.74, 6) is -2.86. The maximum Gasteiger partial charge on any atom is 0.166 e. The topological polar surface area (TPSA) is 26.7 Å². The molecule has 1 aromatic carbocycles. The first-order chi connectivity index (χ1) is 12.1. The van der Waals surface area contributed by atoms with Crippen molar-refractivity contribution in [2.45, 2.75) is 25.6 Å². The molecule has 0 radical (unpaired) electrons. The number of aliphatic hydroxyl groups is 1. The van der Waals surface area contributed by atoms with Gasteiger partial charge in [0.15, 0.2) is 11.6 Å². The van der Waals surface area contributed by atoms with Crippen molar-refractivity contribution >= 4 is 11.3 Å². The van der Waals surface area contributed by atoms with E-state index in [1.807, 2.05) is 16.3 Å². The summed E-state index contributed by atoms with van der Waals surface area (Å²) in [6, 6.07) is 5.95. The molecule has 3 rings (SSSR count). The third-order valence-electron chi connectivity index (χ3n) is 4.61. The van der Waals surface area contributed by atoms with Gasteiger partial charge in [0.1, 0.15) is 5.82 Å². The Labute approximate surface area is 149 Å². The zero-order valence-corrected chi connectivity index (χ0v) is 14.6. The van der Waals surface area contributed by atoms with Crippen molar-refractivity contribution in [1.82, 2.24) is 9.80 Å². The number of aliphatic hydroxyl groups excluding tert-OH is 1. The molecule has 25 heavy (non-hydrogen) atoms. The van der Waals surface area contributed by atoms with E-state index in [4.69, 9.17) is 0 Å². The van der Waals surface area contributed by atoms with Gasteiger partial charge >= 0.3 is 0 Å². The third kappa shape index (κ3) is 4.41. The average molecular weight is 370 g/mol. The maximum absolute atomic E-state index is 13.9. The molecule has 1 N–H and O–H groups in total. The Bertz CT molecular complexity index is 696. The summed E-state index contributed by atoms with van der Waals surface area (Å²) in [5, 5.41) is 11.4. The summed E-state index contributed by atoms with van der Waals surface area (Å²) in [7, 11) is 0. The highest BCUT2D eigenvalue weighted by molar-refractivity contribution is 7.09. The molecule has 3 nitrogen and oxygen atoms in total. The van der Waals surface area contributed by atoms with Crippen LogP contribution >= 0.6 is 11.3 Å². The molecule has 0 aliphatic carbocycles. The molecule has 2 heterocycles. The van der Waals surface area contributed by atoms with Gasteiger partial charge in [-0.05, 0) is 30.0 Å². The molecule has 1 aliphatic rings. The van der Waals surface area contributed by atoms with Crippen LogP contribution < -0.4 is 0 Å². The van der Waals surface area contributed by atoms with Crippen molar-refractivity contribution < 1.29 is 18.3 Å². The zero-order chi connectivity index (χ0) is 17.8. The van der Waals surface area contributed by atoms with Crippen molar-refractivity contribution in [1.29, 1.82) is 0 Å². The lowest BCUT2D eigenvalue weighted by atomic mass is 10.1. The zero-order valence-electron chi connectivity index (χ0n) is 13.8. The first kappa shape index (κ1) is 18.4. The molecule has 1 aromatic heterocycles. The van der Waals surface area contributed by atoms with Crippen LogP contribution in [0.15, 0.2) is 29.6 Å². The molecule has 1 unspecified atom stereocenters. The highest BCUT2D eigenvalue weighted by atomic mass is 32.1. The van der Waals surface area contributed by atoms with E-state index in [1.165, 1.54) is 4.88 Å². The maximum atomic E-state index is 13.9. The third-order valence-corrected chi connectivity index (χ3v) is 5.47. The number of benzene rings is 1. The fraction of sp³-hybridized carbons (Fsp3) is 0.444. The number of nitrogens with zero attached hydrogens (tertiary/aromatic N) is 2. The largest absolute Gasteiger partial charge is 0.396 e. The van der Waals surface area contributed by atoms with E-state index in [1.54, 1.807) is 11.3 Å². The van der Waals surface area contributed by atoms with Crippen LogP contribution in [0, 0.1) is 17.5 Å². The number of hydrogen-bond donors (Lipinski definition) is 1. The second-order valence-electron chi connectivity index (χ2n) is 6.27. The number of hydrogen-bond acceptors (Lipinski definition) is 4. The van der Waals surface area contributed by atoms with Gasteiger partial charge in [-0.3, -0.25) is 9.80 Å². The Kier molecular flexibility index (Phi) is 6.11. The molecule has 0 saturated carbocycles. The van der Waals surface area contributed by atoms with E-state index in [0.717, 1.165) is 25.2 Å². The van der Waals surface area contributed by atoms with E-state index in [2.05, 4.69) is 11.0 Å². The van der Waals surface area contributed by atoms with Crippen LogP contribution in [0.3, 0.4) is 0 Å². The number of thiophene rings is 1. The van der Waals surface area contributed by atoms with Gasteiger partial charge in [0.05, 0.1) is 0 Å². The fourth-order valence-corrected chi connectivity index (χ4v) is 4.00. The van der Waals surface area contributed by atoms with E-state index < -0.39 is 17.5 Å². The van der Waals surface area contributed by atoms with E-state index in [9.17, 15) is 18.3 Å². The minimum atomic E-state index is -1.11. The number of rotatable bonds is 6. The normalized spacial score (nSPS) is 19.4. The Hall–Kier alpha value is -1.41. The number of piperazine rings is 1. The van der Waals surface area contributed by atoms with E-state index >= 15 is 0 Å². The van der Waals surface area contributed by atoms with Crippen molar-refractivity contribution in [2.24, 2.45) is 0 Å². The molecule has 2 aromatic rings. The van der Waals surface area contributed by atoms with Gasteiger partial charge in [-0.15, -0.1) is 11.3 Å². The van der Waals surface area contributed by atoms with Crippen LogP contribution in [0.4, 0.5) is 13.2 Å². The van der Waals surface area contributed by atoms with Gasteiger partial charge in [-0.1, -0.05) is 6.07 Å². The SMILES string of the molecule is OCCC1CN(Cc2c(F)ccc(F)c2F)CCN1Cc1cccs1. The van der Waals surface area contributed by atoms with Crippen LogP contribution in [0.2, 0.25) is 0 Å². The van der Waals surface area contributed by atoms with Crippen LogP contribution in [-0.2, 0) is 13.1 Å². The lowest BCUT2D eigenvalue weighted by Gasteiger charge is -2.41. The minimum absolute atomic E-state index is 0.0319. The summed E-state index contributed by atoms with van der Waals surface area (Å²) >= 11 is 1.69. The molecular weight excluding hydrogens is 349 g/mol. The predicted molar refractivity (Wildman–Crippen MR) is 91.8 cm³/mol. The first-order valence-electron chi connectivity index (χ1n) is 8.30. The molecule has 0 spiro atoms. The van der Waals surface area contributed by atoms with Crippen LogP contribution in [-0.4, -0.2) is 47.2 Å². The lowest BCUT2D eigenvalue weighted by Crippen LogP contribution is -2.52. The standard InChI is InChI=1S/C18H21F3N2OS/c19-16-3-4-17(20)18(21)15(16)12-22-6-7-23(13(10-22)5-8-24)11-14-2-1-9-25-14/h1-4,9,13,24H,5-8,10-12H2. The summed E-state index contributed by atoms with van der Waals surface area (Å²) in [6.07, 6.45) is 0.593. The second-order valence-corrected chi connectivity index (χ2v) is 7.31. The van der Waals surface area contributed by atoms with Crippen LogP contribution in [0.5, 0.6) is 0 Å². The Morgan fingerprint density at radius 3 is 2.60 bits per heavy atom. The van der Waals surface area contributed by atoms with Gasteiger partial charge in [0.25, 0.3) is 0 Å². The molecule has 1 fully saturated rings. The van der Waals surface area contributed by atoms with Gasteiger partial charge < -0.3 is 5.11 Å². The molecule has 0 amide bonds. The molecule has 7 heteroatoms. The average Bonchev–Trinajstić information content (AvgIpc) is 3.11. The minimum Gasteiger partial charge on any atom is -0.396 e. The summed E-state index contributed by atoms with van der Waals surface area (Å²) in [5.41, 5.74) is -0.227. The van der Waals surface area contributed by atoms with Crippen molar-refractivity contribution in [3.63, 3.8) is 0 Å². The lowest BCUT2D eigenvalue weighted by molar-refractivity contribution is 0.0495. The first-order valence-corrected chi connectivity index (χ1v) is 9.18. The van der Waals surface area contributed by atoms with Crippen molar-refractivity contribution in [2.75, 3.05) is 26.2 Å². The van der Waals surface area contributed by atoms with Gasteiger partial charge in [-0.25, -0.2) is 13.2 Å². The highest BCUT2D eigenvalue weighted by Crippen LogP contribution is 2.23. The predicted octanol–water partition coefficient (Wildman–Crippen LogP) is 3.23. The van der Waals surface area contributed by atoms with Crippen LogP contribution in [0.1, 0.15) is 16.9 Å². The smallest absolute Gasteiger partial charge is 0.166 e. The summed E-state index contributed by atoms with van der Waals surface area (Å²) < 4.78 is 41.2.